The van der Waals surface area contributed by atoms with Crippen molar-refractivity contribution in [2.45, 2.75) is 0 Å². The Morgan fingerprint density at radius 2 is 2.16 bits per heavy atom. The first-order chi connectivity index (χ1) is 8.83. The first-order valence-corrected chi connectivity index (χ1v) is 5.47. The van der Waals surface area contributed by atoms with E-state index in [1.54, 1.807) is 24.7 Å². The van der Waals surface area contributed by atoms with Crippen LogP contribution in [-0.4, -0.2) is 20.9 Å². The second-order valence-corrected chi connectivity index (χ2v) is 3.83. The molecule has 0 aliphatic carbocycles. The lowest BCUT2D eigenvalue weighted by Gasteiger charge is -2.04. The molecule has 0 atom stereocenters. The molecule has 0 fully saturated rings. The summed E-state index contributed by atoms with van der Waals surface area (Å²) in [5.74, 6) is -0.179. The van der Waals surface area contributed by atoms with Gasteiger partial charge in [0.25, 0.3) is 5.91 Å². The van der Waals surface area contributed by atoms with Crippen LogP contribution in [0.15, 0.2) is 49.1 Å². The number of nitrogens with one attached hydrogen (secondary N) is 2. The van der Waals surface area contributed by atoms with Crippen LogP contribution in [0.3, 0.4) is 0 Å². The number of fused-ring (bicyclic) bond motifs is 1. The number of hydrogen-bond donors (Lipinski definition) is 2. The van der Waals surface area contributed by atoms with Gasteiger partial charge in [-0.2, -0.15) is 0 Å². The average molecular weight is 275 g/mol. The van der Waals surface area contributed by atoms with Crippen molar-refractivity contribution in [2.24, 2.45) is 0 Å². The lowest BCUT2D eigenvalue weighted by atomic mass is 10.2. The molecule has 0 aliphatic heterocycles. The van der Waals surface area contributed by atoms with Crippen LogP contribution in [0.5, 0.6) is 0 Å². The number of carbonyl (C=O) groups is 1. The Kier molecular flexibility index (Phi) is 3.77. The number of imidazole rings is 1. The SMILES string of the molecule is Cl.O=C(Nc1ccc2nc[nH]c2c1)c1cccnc1. The number of rotatable bonds is 2. The van der Waals surface area contributed by atoms with Crippen molar-refractivity contribution in [1.82, 2.24) is 15.0 Å². The summed E-state index contributed by atoms with van der Waals surface area (Å²) in [5.41, 5.74) is 3.01. The highest BCUT2D eigenvalue weighted by atomic mass is 35.5. The highest BCUT2D eigenvalue weighted by Crippen LogP contribution is 2.16. The van der Waals surface area contributed by atoms with Crippen LogP contribution < -0.4 is 5.32 Å². The maximum Gasteiger partial charge on any atom is 0.257 e. The van der Waals surface area contributed by atoms with Gasteiger partial charge in [-0.1, -0.05) is 0 Å². The monoisotopic (exact) mass is 274 g/mol. The first kappa shape index (κ1) is 13.0. The zero-order valence-corrected chi connectivity index (χ0v) is 10.6. The number of benzene rings is 1. The van der Waals surface area contributed by atoms with Crippen molar-refractivity contribution in [3.8, 4) is 0 Å². The highest BCUT2D eigenvalue weighted by molar-refractivity contribution is 6.04. The van der Waals surface area contributed by atoms with E-state index in [1.807, 2.05) is 18.2 Å². The van der Waals surface area contributed by atoms with Gasteiger partial charge in [0.05, 0.1) is 22.9 Å². The van der Waals surface area contributed by atoms with Crippen LogP contribution in [0.25, 0.3) is 11.0 Å². The molecule has 6 heteroatoms. The molecule has 2 aromatic heterocycles. The zero-order chi connectivity index (χ0) is 12.4. The number of anilines is 1. The summed E-state index contributed by atoms with van der Waals surface area (Å²) in [6.45, 7) is 0. The third-order valence-electron chi connectivity index (χ3n) is 2.60. The average Bonchev–Trinajstić information content (AvgIpc) is 2.87. The van der Waals surface area contributed by atoms with Gasteiger partial charge < -0.3 is 10.3 Å². The smallest absolute Gasteiger partial charge is 0.257 e. The molecule has 3 aromatic rings. The number of halogens is 1. The van der Waals surface area contributed by atoms with Gasteiger partial charge in [-0.3, -0.25) is 9.78 Å². The molecule has 5 nitrogen and oxygen atoms in total. The largest absolute Gasteiger partial charge is 0.345 e. The molecule has 0 saturated carbocycles. The van der Waals surface area contributed by atoms with Gasteiger partial charge in [0, 0.05) is 18.1 Å². The predicted molar refractivity (Wildman–Crippen MR) is 75.5 cm³/mol. The second-order valence-electron chi connectivity index (χ2n) is 3.83. The standard InChI is InChI=1S/C13H10N4O.ClH/c18-13(9-2-1-5-14-7-9)17-10-3-4-11-12(6-10)16-8-15-11;/h1-8H,(H,15,16)(H,17,18);1H. The Bertz CT molecular complexity index is 696. The minimum Gasteiger partial charge on any atom is -0.345 e. The lowest BCUT2D eigenvalue weighted by Crippen LogP contribution is -2.11. The van der Waals surface area contributed by atoms with E-state index in [1.165, 1.54) is 6.20 Å². The van der Waals surface area contributed by atoms with E-state index in [0.29, 0.717) is 5.56 Å². The number of H-pyrrole nitrogens is 1. The van der Waals surface area contributed by atoms with Gasteiger partial charge in [0.1, 0.15) is 0 Å². The number of aromatic nitrogens is 3. The second kappa shape index (κ2) is 5.49. The van der Waals surface area contributed by atoms with E-state index < -0.39 is 0 Å². The van der Waals surface area contributed by atoms with Crippen molar-refractivity contribution in [3.05, 3.63) is 54.6 Å². The van der Waals surface area contributed by atoms with E-state index in [4.69, 9.17) is 0 Å². The van der Waals surface area contributed by atoms with E-state index in [-0.39, 0.29) is 18.3 Å². The summed E-state index contributed by atoms with van der Waals surface area (Å²) in [7, 11) is 0. The first-order valence-electron chi connectivity index (χ1n) is 5.47. The zero-order valence-electron chi connectivity index (χ0n) is 9.83. The minimum atomic E-state index is -0.179. The molecule has 19 heavy (non-hydrogen) atoms. The lowest BCUT2D eigenvalue weighted by molar-refractivity contribution is 0.102. The summed E-state index contributed by atoms with van der Waals surface area (Å²) >= 11 is 0. The Balaban J connectivity index is 0.00000133. The highest BCUT2D eigenvalue weighted by Gasteiger charge is 2.06. The van der Waals surface area contributed by atoms with Crippen molar-refractivity contribution in [3.63, 3.8) is 0 Å². The van der Waals surface area contributed by atoms with Crippen molar-refractivity contribution >= 4 is 35.0 Å². The number of amides is 1. The third kappa shape index (κ3) is 2.71. The number of carbonyl (C=O) groups excluding carboxylic acids is 1. The van der Waals surface area contributed by atoms with Crippen LogP contribution in [0.4, 0.5) is 5.69 Å². The molecule has 2 N–H and O–H groups in total. The van der Waals surface area contributed by atoms with Gasteiger partial charge in [0.2, 0.25) is 0 Å². The fourth-order valence-electron chi connectivity index (χ4n) is 1.71. The molecule has 96 valence electrons. The molecule has 3 rings (SSSR count). The predicted octanol–water partition coefficient (Wildman–Crippen LogP) is 2.63. The van der Waals surface area contributed by atoms with Crippen molar-refractivity contribution in [1.29, 1.82) is 0 Å². The van der Waals surface area contributed by atoms with Gasteiger partial charge in [0.15, 0.2) is 0 Å². The van der Waals surface area contributed by atoms with E-state index in [9.17, 15) is 4.79 Å². The third-order valence-corrected chi connectivity index (χ3v) is 2.60. The van der Waals surface area contributed by atoms with Crippen LogP contribution in [0.2, 0.25) is 0 Å². The van der Waals surface area contributed by atoms with Crippen LogP contribution in [0, 0.1) is 0 Å². The van der Waals surface area contributed by atoms with Gasteiger partial charge in [-0.25, -0.2) is 4.98 Å². The molecule has 0 aliphatic rings. The van der Waals surface area contributed by atoms with Crippen LogP contribution in [0.1, 0.15) is 10.4 Å². The summed E-state index contributed by atoms with van der Waals surface area (Å²) in [6, 6.07) is 8.96. The fourth-order valence-corrected chi connectivity index (χ4v) is 1.71. The molecule has 1 amide bonds. The number of nitrogens with zero attached hydrogens (tertiary/aromatic N) is 2. The summed E-state index contributed by atoms with van der Waals surface area (Å²) in [4.78, 5) is 22.9. The van der Waals surface area contributed by atoms with E-state index in [2.05, 4.69) is 20.3 Å². The fraction of sp³-hybridized carbons (Fsp3) is 0. The molecular formula is C13H11ClN4O. The van der Waals surface area contributed by atoms with Gasteiger partial charge in [-0.05, 0) is 30.3 Å². The Labute approximate surface area is 115 Å². The summed E-state index contributed by atoms with van der Waals surface area (Å²) in [5, 5.41) is 2.81. The summed E-state index contributed by atoms with van der Waals surface area (Å²) < 4.78 is 0. The molecule has 0 radical (unpaired) electrons. The number of pyridine rings is 1. The molecule has 0 saturated heterocycles. The van der Waals surface area contributed by atoms with Crippen molar-refractivity contribution < 1.29 is 4.79 Å². The molecule has 0 spiro atoms. The topological polar surface area (TPSA) is 70.7 Å². The summed E-state index contributed by atoms with van der Waals surface area (Å²) in [6.07, 6.45) is 4.79. The maximum absolute atomic E-state index is 11.9. The van der Waals surface area contributed by atoms with Gasteiger partial charge >= 0.3 is 0 Å². The van der Waals surface area contributed by atoms with E-state index >= 15 is 0 Å². The Morgan fingerprint density at radius 3 is 2.95 bits per heavy atom. The van der Waals surface area contributed by atoms with Crippen molar-refractivity contribution in [2.75, 3.05) is 5.32 Å². The Hall–Kier alpha value is -2.40. The number of aromatic amines is 1. The molecule has 0 bridgehead atoms. The molecular weight excluding hydrogens is 264 g/mol. The maximum atomic E-state index is 11.9. The van der Waals surface area contributed by atoms with Crippen LogP contribution >= 0.6 is 12.4 Å². The normalized spacial score (nSPS) is 9.89. The minimum absolute atomic E-state index is 0. The van der Waals surface area contributed by atoms with Crippen LogP contribution in [-0.2, 0) is 0 Å². The molecule has 2 heterocycles. The number of hydrogen-bond acceptors (Lipinski definition) is 3. The van der Waals surface area contributed by atoms with Gasteiger partial charge in [-0.15, -0.1) is 12.4 Å². The Morgan fingerprint density at radius 1 is 1.26 bits per heavy atom. The van der Waals surface area contributed by atoms with E-state index in [0.717, 1.165) is 16.7 Å². The quantitative estimate of drug-likeness (QED) is 0.755. The molecule has 1 aromatic carbocycles. The molecule has 0 unspecified atom stereocenters.